The molecule has 0 spiro atoms. The van der Waals surface area contributed by atoms with E-state index in [1.54, 1.807) is 4.90 Å². The molecule has 24 heavy (non-hydrogen) atoms. The highest BCUT2D eigenvalue weighted by atomic mass is 32.2. The summed E-state index contributed by atoms with van der Waals surface area (Å²) in [6.45, 7) is 1.51. The van der Waals surface area contributed by atoms with Crippen molar-refractivity contribution in [3.63, 3.8) is 0 Å². The van der Waals surface area contributed by atoms with E-state index in [0.717, 1.165) is 5.69 Å². The normalized spacial score (nSPS) is 26.5. The molecule has 2 atom stereocenters. The smallest absolute Gasteiger partial charge is 0.223 e. The van der Waals surface area contributed by atoms with Crippen LogP contribution in [0.15, 0.2) is 5.38 Å². The number of nitrogens with zero attached hydrogens (tertiary/aromatic N) is 3. The Morgan fingerprint density at radius 3 is 2.79 bits per heavy atom. The van der Waals surface area contributed by atoms with Gasteiger partial charge in [-0.2, -0.15) is 0 Å². The first-order chi connectivity index (χ1) is 11.4. The highest BCUT2D eigenvalue weighted by Gasteiger charge is 2.47. The number of piperazine rings is 1. The number of anilines is 1. The van der Waals surface area contributed by atoms with Crippen LogP contribution in [-0.2, 0) is 21.1 Å². The fraction of sp³-hybridized carbons (Fsp3) is 0.714. The molecular formula is C14H22N4O4S2. The number of fused-ring (bicyclic) bond motifs is 1. The maximum absolute atomic E-state index is 12.6. The van der Waals surface area contributed by atoms with E-state index in [4.69, 9.17) is 10.8 Å². The Labute approximate surface area is 145 Å². The van der Waals surface area contributed by atoms with Crippen molar-refractivity contribution < 1.29 is 18.3 Å². The number of hydrogen-bond donors (Lipinski definition) is 2. The van der Waals surface area contributed by atoms with Gasteiger partial charge in [-0.05, 0) is 6.42 Å². The van der Waals surface area contributed by atoms with Crippen molar-refractivity contribution in [3.05, 3.63) is 11.1 Å². The molecule has 0 aliphatic carbocycles. The number of aryl methyl sites for hydroxylation is 1. The Kier molecular flexibility index (Phi) is 5.09. The summed E-state index contributed by atoms with van der Waals surface area (Å²) in [5.74, 6) is 0.0244. The molecule has 3 rings (SSSR count). The minimum absolute atomic E-state index is 0.00891. The molecule has 0 bridgehead atoms. The first kappa shape index (κ1) is 17.6. The molecule has 134 valence electrons. The third kappa shape index (κ3) is 3.71. The van der Waals surface area contributed by atoms with Crippen molar-refractivity contribution in [2.45, 2.75) is 24.9 Å². The molecule has 1 aromatic heterocycles. The Morgan fingerprint density at radius 1 is 1.38 bits per heavy atom. The molecule has 8 nitrogen and oxygen atoms in total. The van der Waals surface area contributed by atoms with Crippen LogP contribution in [0.5, 0.6) is 0 Å². The predicted molar refractivity (Wildman–Crippen MR) is 91.4 cm³/mol. The molecule has 2 saturated heterocycles. The van der Waals surface area contributed by atoms with E-state index in [2.05, 4.69) is 4.98 Å². The fourth-order valence-electron chi connectivity index (χ4n) is 3.56. The fourth-order valence-corrected chi connectivity index (χ4v) is 6.17. The first-order valence-corrected chi connectivity index (χ1v) is 10.6. The molecule has 2 aliphatic heterocycles. The summed E-state index contributed by atoms with van der Waals surface area (Å²) < 4.78 is 24.1. The molecule has 0 aromatic carbocycles. The second-order valence-electron chi connectivity index (χ2n) is 6.24. The summed E-state index contributed by atoms with van der Waals surface area (Å²) in [6, 6.07) is -0.530. The maximum atomic E-state index is 12.6. The minimum Gasteiger partial charge on any atom is -0.395 e. The van der Waals surface area contributed by atoms with Gasteiger partial charge < -0.3 is 15.7 Å². The zero-order valence-corrected chi connectivity index (χ0v) is 14.9. The number of carbonyl (C=O) groups is 1. The topological polar surface area (TPSA) is 117 Å². The number of aliphatic hydroxyl groups excluding tert-OH is 1. The van der Waals surface area contributed by atoms with Crippen molar-refractivity contribution in [3.8, 4) is 0 Å². The highest BCUT2D eigenvalue weighted by Crippen LogP contribution is 2.27. The van der Waals surface area contributed by atoms with Gasteiger partial charge in [-0.3, -0.25) is 9.69 Å². The third-order valence-corrected chi connectivity index (χ3v) is 7.08. The van der Waals surface area contributed by atoms with E-state index >= 15 is 0 Å². The number of aliphatic hydroxyl groups is 1. The molecule has 0 saturated carbocycles. The zero-order valence-electron chi connectivity index (χ0n) is 13.3. The van der Waals surface area contributed by atoms with Gasteiger partial charge in [0.05, 0.1) is 29.8 Å². The molecule has 2 fully saturated rings. The number of sulfone groups is 1. The van der Waals surface area contributed by atoms with Gasteiger partial charge >= 0.3 is 0 Å². The van der Waals surface area contributed by atoms with E-state index in [1.807, 2.05) is 10.3 Å². The Bertz CT molecular complexity index is 705. The van der Waals surface area contributed by atoms with Crippen LogP contribution in [-0.4, -0.2) is 84.0 Å². The van der Waals surface area contributed by atoms with Gasteiger partial charge in [0.25, 0.3) is 0 Å². The van der Waals surface area contributed by atoms with Crippen molar-refractivity contribution in [2.24, 2.45) is 0 Å². The van der Waals surface area contributed by atoms with Crippen LogP contribution >= 0.6 is 11.3 Å². The second-order valence-corrected chi connectivity index (χ2v) is 9.28. The minimum atomic E-state index is -3.15. The molecule has 1 aromatic rings. The Balaban J connectivity index is 1.67. The number of nitrogens with two attached hydrogens (primary N) is 1. The quantitative estimate of drug-likeness (QED) is 0.676. The van der Waals surface area contributed by atoms with Gasteiger partial charge in [-0.25, -0.2) is 13.4 Å². The van der Waals surface area contributed by atoms with Crippen LogP contribution in [0, 0.1) is 0 Å². The zero-order chi connectivity index (χ0) is 17.3. The molecule has 0 unspecified atom stereocenters. The number of hydrogen-bond acceptors (Lipinski definition) is 8. The lowest BCUT2D eigenvalue weighted by molar-refractivity contribution is -0.137. The van der Waals surface area contributed by atoms with Gasteiger partial charge in [-0.1, -0.05) is 0 Å². The van der Waals surface area contributed by atoms with Gasteiger partial charge in [-0.15, -0.1) is 11.3 Å². The van der Waals surface area contributed by atoms with Crippen molar-refractivity contribution >= 4 is 32.2 Å². The number of aromatic nitrogens is 1. The molecule has 2 aliphatic rings. The number of carbonyl (C=O) groups excluding carboxylic acids is 1. The Hall–Kier alpha value is -1.23. The van der Waals surface area contributed by atoms with E-state index < -0.39 is 9.84 Å². The van der Waals surface area contributed by atoms with Crippen LogP contribution in [0.4, 0.5) is 5.13 Å². The van der Waals surface area contributed by atoms with Crippen LogP contribution < -0.4 is 5.73 Å². The molecule has 10 heteroatoms. The average molecular weight is 374 g/mol. The number of amides is 1. The van der Waals surface area contributed by atoms with E-state index in [-0.39, 0.29) is 36.1 Å². The lowest BCUT2D eigenvalue weighted by Gasteiger charge is -2.43. The van der Waals surface area contributed by atoms with Crippen LogP contribution in [0.2, 0.25) is 0 Å². The first-order valence-electron chi connectivity index (χ1n) is 7.94. The van der Waals surface area contributed by atoms with Crippen LogP contribution in [0.3, 0.4) is 0 Å². The highest BCUT2D eigenvalue weighted by molar-refractivity contribution is 7.91. The van der Waals surface area contributed by atoms with Crippen LogP contribution in [0.1, 0.15) is 12.1 Å². The number of thiazole rings is 1. The lowest BCUT2D eigenvalue weighted by atomic mass is 10.0. The van der Waals surface area contributed by atoms with E-state index in [0.29, 0.717) is 37.6 Å². The van der Waals surface area contributed by atoms with Gasteiger partial charge in [0.2, 0.25) is 5.91 Å². The predicted octanol–water partition coefficient (Wildman–Crippen LogP) is -1.04. The molecule has 1 amide bonds. The standard InChI is InChI=1S/C14H22N4O4S2/c15-14-16-10(7-23-14)1-2-13(20)18-4-3-17(5-6-19)11-8-24(21,22)9-12(11)18/h7,11-12,19H,1-6,8-9H2,(H2,15,16)/t11-,12+/m1/s1. The van der Waals surface area contributed by atoms with Crippen molar-refractivity contribution in [1.82, 2.24) is 14.8 Å². The van der Waals surface area contributed by atoms with E-state index in [1.165, 1.54) is 11.3 Å². The maximum Gasteiger partial charge on any atom is 0.223 e. The Morgan fingerprint density at radius 2 is 2.12 bits per heavy atom. The number of nitrogen functional groups attached to an aromatic ring is 1. The molecular weight excluding hydrogens is 352 g/mol. The summed E-state index contributed by atoms with van der Waals surface area (Å²) >= 11 is 1.34. The summed E-state index contributed by atoms with van der Waals surface area (Å²) in [5, 5.41) is 11.5. The van der Waals surface area contributed by atoms with Crippen molar-refractivity contribution in [1.29, 1.82) is 0 Å². The van der Waals surface area contributed by atoms with Gasteiger partial charge in [0.1, 0.15) is 0 Å². The molecule has 3 heterocycles. The van der Waals surface area contributed by atoms with Gasteiger partial charge in [0, 0.05) is 37.5 Å². The molecule has 3 N–H and O–H groups in total. The second kappa shape index (κ2) is 6.95. The summed E-state index contributed by atoms with van der Waals surface area (Å²) in [6.07, 6.45) is 0.806. The van der Waals surface area contributed by atoms with Gasteiger partial charge in [0.15, 0.2) is 15.0 Å². The summed E-state index contributed by atoms with van der Waals surface area (Å²) in [5.41, 5.74) is 6.38. The average Bonchev–Trinajstić information content (AvgIpc) is 3.07. The largest absolute Gasteiger partial charge is 0.395 e. The SMILES string of the molecule is Nc1nc(CCC(=O)N2CCN(CCO)[C@@H]3CS(=O)(=O)C[C@@H]32)cs1. The molecule has 0 radical (unpaired) electrons. The van der Waals surface area contributed by atoms with E-state index in [9.17, 15) is 13.2 Å². The number of rotatable bonds is 5. The summed E-state index contributed by atoms with van der Waals surface area (Å²) in [7, 11) is -3.15. The number of β-amino-alcohol motifs (C(OH)–C–C–N with tert-alkyl or cyclic N) is 1. The van der Waals surface area contributed by atoms with Crippen LogP contribution in [0.25, 0.3) is 0 Å². The lowest BCUT2D eigenvalue weighted by Crippen LogP contribution is -2.61. The summed E-state index contributed by atoms with van der Waals surface area (Å²) in [4.78, 5) is 20.4. The third-order valence-electron chi connectivity index (χ3n) is 4.66. The van der Waals surface area contributed by atoms with Crippen molar-refractivity contribution in [2.75, 3.05) is 43.5 Å². The monoisotopic (exact) mass is 374 g/mol.